The van der Waals surface area contributed by atoms with E-state index in [1.54, 1.807) is 7.05 Å². The van der Waals surface area contributed by atoms with Crippen LogP contribution < -0.4 is 15.5 Å². The zero-order valence-electron chi connectivity index (χ0n) is 18.4. The molecule has 2 aliphatic rings. The van der Waals surface area contributed by atoms with E-state index in [-0.39, 0.29) is 41.6 Å². The van der Waals surface area contributed by atoms with Crippen molar-refractivity contribution >= 4 is 47.2 Å². The van der Waals surface area contributed by atoms with Crippen molar-refractivity contribution in [3.8, 4) is 0 Å². The Kier molecular flexibility index (Phi) is 8.72. The van der Waals surface area contributed by atoms with Crippen LogP contribution in [0.15, 0.2) is 53.5 Å². The monoisotopic (exact) mass is 551 g/mol. The Labute approximate surface area is 206 Å². The molecule has 2 aromatic rings. The lowest BCUT2D eigenvalue weighted by Gasteiger charge is -2.37. The fourth-order valence-corrected chi connectivity index (χ4v) is 4.02. The molecule has 1 heterocycles. The number of benzene rings is 2. The number of guanidine groups is 1. The molecule has 2 aromatic carbocycles. The van der Waals surface area contributed by atoms with E-state index < -0.39 is 0 Å². The fourth-order valence-electron chi connectivity index (χ4n) is 4.02. The third kappa shape index (κ3) is 6.11. The molecule has 0 unspecified atom stereocenters. The minimum atomic E-state index is -0.210. The van der Waals surface area contributed by atoms with Gasteiger partial charge in [-0.15, -0.1) is 24.0 Å². The van der Waals surface area contributed by atoms with Gasteiger partial charge in [-0.1, -0.05) is 18.6 Å². The van der Waals surface area contributed by atoms with Crippen molar-refractivity contribution in [1.29, 1.82) is 0 Å². The van der Waals surface area contributed by atoms with Gasteiger partial charge in [0.1, 0.15) is 5.82 Å². The molecule has 6 nitrogen and oxygen atoms in total. The lowest BCUT2D eigenvalue weighted by Crippen LogP contribution is -2.52. The Morgan fingerprint density at radius 3 is 2.44 bits per heavy atom. The normalized spacial score (nSPS) is 16.8. The van der Waals surface area contributed by atoms with Gasteiger partial charge < -0.3 is 20.4 Å². The second-order valence-electron chi connectivity index (χ2n) is 8.17. The van der Waals surface area contributed by atoms with Crippen LogP contribution in [0.2, 0.25) is 0 Å². The van der Waals surface area contributed by atoms with Gasteiger partial charge in [0.05, 0.1) is 0 Å². The Hall–Kier alpha value is -2.36. The molecule has 0 aromatic heterocycles. The molecule has 32 heavy (non-hydrogen) atoms. The van der Waals surface area contributed by atoms with E-state index in [4.69, 9.17) is 0 Å². The smallest absolute Gasteiger partial charge is 0.227 e. The molecule has 1 aliphatic carbocycles. The summed E-state index contributed by atoms with van der Waals surface area (Å²) >= 11 is 0. The number of hydrogen-bond donors (Lipinski definition) is 2. The Morgan fingerprint density at radius 2 is 1.81 bits per heavy atom. The molecule has 2 fully saturated rings. The minimum Gasteiger partial charge on any atom is -0.368 e. The first-order valence-corrected chi connectivity index (χ1v) is 11.0. The highest BCUT2D eigenvalue weighted by Crippen LogP contribution is 2.27. The Balaban J connectivity index is 0.00000289. The number of nitrogens with zero attached hydrogens (tertiary/aromatic N) is 3. The first-order chi connectivity index (χ1) is 15.1. The van der Waals surface area contributed by atoms with Crippen molar-refractivity contribution in [3.05, 3.63) is 59.9 Å². The molecule has 4 rings (SSSR count). The van der Waals surface area contributed by atoms with Crippen molar-refractivity contribution < 1.29 is 9.18 Å². The number of amides is 1. The average molecular weight is 551 g/mol. The van der Waals surface area contributed by atoms with Gasteiger partial charge in [0.25, 0.3) is 0 Å². The predicted molar refractivity (Wildman–Crippen MR) is 138 cm³/mol. The summed E-state index contributed by atoms with van der Waals surface area (Å²) in [4.78, 5) is 21.1. The zero-order chi connectivity index (χ0) is 21.6. The number of nitrogens with one attached hydrogen (secondary N) is 2. The summed E-state index contributed by atoms with van der Waals surface area (Å²) in [5.41, 5.74) is 2.99. The maximum Gasteiger partial charge on any atom is 0.227 e. The second-order valence-corrected chi connectivity index (χ2v) is 8.17. The van der Waals surface area contributed by atoms with Crippen LogP contribution in [0.4, 0.5) is 15.8 Å². The molecule has 0 bridgehead atoms. The van der Waals surface area contributed by atoms with Crippen LogP contribution in [0.5, 0.6) is 0 Å². The molecule has 1 aliphatic heterocycles. The molecule has 0 spiro atoms. The fraction of sp³-hybridized carbons (Fsp3) is 0.417. The maximum atomic E-state index is 13.2. The van der Waals surface area contributed by atoms with Gasteiger partial charge in [-0.25, -0.2) is 4.39 Å². The van der Waals surface area contributed by atoms with Gasteiger partial charge in [-0.2, -0.15) is 0 Å². The highest BCUT2D eigenvalue weighted by molar-refractivity contribution is 14.0. The third-order valence-electron chi connectivity index (χ3n) is 6.10. The van der Waals surface area contributed by atoms with Crippen LogP contribution in [0.25, 0.3) is 0 Å². The van der Waals surface area contributed by atoms with Crippen molar-refractivity contribution in [2.45, 2.75) is 25.8 Å². The van der Waals surface area contributed by atoms with E-state index in [2.05, 4.69) is 25.4 Å². The van der Waals surface area contributed by atoms with Gasteiger partial charge in [0, 0.05) is 57.1 Å². The van der Waals surface area contributed by atoms with Crippen molar-refractivity contribution in [2.24, 2.45) is 10.9 Å². The second kappa shape index (κ2) is 11.5. The van der Waals surface area contributed by atoms with E-state index in [0.717, 1.165) is 68.3 Å². The lowest BCUT2D eigenvalue weighted by atomic mass is 9.85. The van der Waals surface area contributed by atoms with Gasteiger partial charge in [0.2, 0.25) is 5.91 Å². The molecule has 8 heteroatoms. The lowest BCUT2D eigenvalue weighted by molar-refractivity contribution is -0.122. The van der Waals surface area contributed by atoms with Crippen LogP contribution in [0.1, 0.15) is 24.8 Å². The SMILES string of the molecule is CN=C(NCc1cccc(NC(=O)C2CCC2)c1)N1CCN(c2ccc(F)cc2)CC1.I. The number of halogens is 2. The molecular weight excluding hydrogens is 520 g/mol. The van der Waals surface area contributed by atoms with Gasteiger partial charge in [-0.3, -0.25) is 9.79 Å². The Bertz CT molecular complexity index is 924. The van der Waals surface area contributed by atoms with Crippen molar-refractivity contribution in [2.75, 3.05) is 43.4 Å². The molecular formula is C24H31FIN5O. The topological polar surface area (TPSA) is 60.0 Å². The number of carbonyl (C=O) groups excluding carboxylic acids is 1. The van der Waals surface area contributed by atoms with Crippen LogP contribution in [0.3, 0.4) is 0 Å². The van der Waals surface area contributed by atoms with Crippen LogP contribution in [-0.4, -0.2) is 50.0 Å². The first-order valence-electron chi connectivity index (χ1n) is 11.0. The molecule has 0 radical (unpaired) electrons. The summed E-state index contributed by atoms with van der Waals surface area (Å²) in [6.45, 7) is 4.03. The molecule has 1 saturated carbocycles. The quantitative estimate of drug-likeness (QED) is 0.334. The van der Waals surface area contributed by atoms with Crippen molar-refractivity contribution in [3.63, 3.8) is 0 Å². The molecule has 1 amide bonds. The summed E-state index contributed by atoms with van der Waals surface area (Å²) < 4.78 is 13.2. The number of hydrogen-bond acceptors (Lipinski definition) is 3. The van der Waals surface area contributed by atoms with Gasteiger partial charge in [-0.05, 0) is 54.8 Å². The third-order valence-corrected chi connectivity index (χ3v) is 6.10. The summed E-state index contributed by atoms with van der Waals surface area (Å²) in [5.74, 6) is 0.960. The van der Waals surface area contributed by atoms with E-state index in [0.29, 0.717) is 6.54 Å². The number of anilines is 2. The summed E-state index contributed by atoms with van der Waals surface area (Å²) in [6, 6.07) is 14.6. The summed E-state index contributed by atoms with van der Waals surface area (Å²) in [6.07, 6.45) is 3.15. The Morgan fingerprint density at radius 1 is 1.09 bits per heavy atom. The molecule has 172 valence electrons. The van der Waals surface area contributed by atoms with E-state index in [9.17, 15) is 9.18 Å². The standard InChI is InChI=1S/C24H30FN5O.HI/c1-26-24(30-14-12-29(13-15-30)22-10-8-20(25)9-11-22)27-17-18-4-2-7-21(16-18)28-23(31)19-5-3-6-19;/h2,4,7-11,16,19H,3,5-6,12-15,17H2,1H3,(H,26,27)(H,28,31);1H. The largest absolute Gasteiger partial charge is 0.368 e. The zero-order valence-corrected chi connectivity index (χ0v) is 20.7. The van der Waals surface area contributed by atoms with Gasteiger partial charge >= 0.3 is 0 Å². The molecule has 0 atom stereocenters. The van der Waals surface area contributed by atoms with Crippen LogP contribution in [-0.2, 0) is 11.3 Å². The minimum absolute atomic E-state index is 0. The first kappa shape index (κ1) is 24.3. The number of aliphatic imine (C=N–C) groups is 1. The average Bonchev–Trinajstić information content (AvgIpc) is 2.74. The van der Waals surface area contributed by atoms with Gasteiger partial charge in [0.15, 0.2) is 5.96 Å². The van der Waals surface area contributed by atoms with E-state index in [1.807, 2.05) is 36.4 Å². The van der Waals surface area contributed by atoms with Crippen molar-refractivity contribution in [1.82, 2.24) is 10.2 Å². The highest BCUT2D eigenvalue weighted by Gasteiger charge is 2.25. The summed E-state index contributed by atoms with van der Waals surface area (Å²) in [5, 5.41) is 6.48. The van der Waals surface area contributed by atoms with Crippen LogP contribution in [0, 0.1) is 11.7 Å². The van der Waals surface area contributed by atoms with E-state index in [1.165, 1.54) is 12.1 Å². The number of rotatable bonds is 5. The molecule has 1 saturated heterocycles. The maximum absolute atomic E-state index is 13.2. The highest BCUT2D eigenvalue weighted by atomic mass is 127. The predicted octanol–water partition coefficient (Wildman–Crippen LogP) is 4.08. The summed E-state index contributed by atoms with van der Waals surface area (Å²) in [7, 11) is 1.80. The van der Waals surface area contributed by atoms with E-state index >= 15 is 0 Å². The number of piperazine rings is 1. The van der Waals surface area contributed by atoms with Crippen LogP contribution >= 0.6 is 24.0 Å². The number of carbonyl (C=O) groups is 1. The molecule has 2 N–H and O–H groups in total.